The summed E-state index contributed by atoms with van der Waals surface area (Å²) in [5.41, 5.74) is 5.21. The molecule has 0 radical (unpaired) electrons. The van der Waals surface area contributed by atoms with E-state index in [4.69, 9.17) is 4.74 Å². The highest BCUT2D eigenvalue weighted by atomic mass is 32.1. The number of morpholine rings is 1. The number of anilines is 2. The molecule has 35 heavy (non-hydrogen) atoms. The molecule has 0 saturated carbocycles. The molecule has 1 aromatic heterocycles. The zero-order valence-corrected chi connectivity index (χ0v) is 20.1. The minimum absolute atomic E-state index is 0.0398. The molecule has 3 aliphatic rings. The van der Waals surface area contributed by atoms with Crippen LogP contribution in [0.4, 0.5) is 10.8 Å². The molecule has 11 nitrogen and oxygen atoms in total. The highest BCUT2D eigenvalue weighted by molar-refractivity contribution is 7.13. The Morgan fingerprint density at radius 1 is 1.17 bits per heavy atom. The van der Waals surface area contributed by atoms with Gasteiger partial charge in [-0.2, -0.15) is 0 Å². The molecule has 1 atom stereocenters. The van der Waals surface area contributed by atoms with Crippen molar-refractivity contribution in [3.63, 3.8) is 0 Å². The SMILES string of the molecule is CC12CCC(=O)N1c1ccccc1C(=O)N2CCC(=O)NNC(=O)c1csc(N2CCOCC2)n1. The molecule has 2 N–H and O–H groups in total. The number of rotatable bonds is 5. The Labute approximate surface area is 206 Å². The maximum Gasteiger partial charge on any atom is 0.289 e. The zero-order chi connectivity index (χ0) is 24.6. The van der Waals surface area contributed by atoms with Gasteiger partial charge in [0.05, 0.1) is 24.5 Å². The molecule has 0 aliphatic carbocycles. The lowest BCUT2D eigenvalue weighted by atomic mass is 9.98. The van der Waals surface area contributed by atoms with Crippen LogP contribution in [-0.2, 0) is 14.3 Å². The fourth-order valence-electron chi connectivity index (χ4n) is 4.78. The topological polar surface area (TPSA) is 124 Å². The van der Waals surface area contributed by atoms with Crippen molar-refractivity contribution in [2.75, 3.05) is 42.6 Å². The van der Waals surface area contributed by atoms with Crippen LogP contribution < -0.4 is 20.7 Å². The van der Waals surface area contributed by atoms with E-state index in [1.807, 2.05) is 6.92 Å². The van der Waals surface area contributed by atoms with E-state index < -0.39 is 17.5 Å². The van der Waals surface area contributed by atoms with Gasteiger partial charge in [0.1, 0.15) is 11.4 Å². The highest BCUT2D eigenvalue weighted by Crippen LogP contribution is 2.43. The van der Waals surface area contributed by atoms with E-state index in [1.165, 1.54) is 11.3 Å². The summed E-state index contributed by atoms with van der Waals surface area (Å²) in [5.74, 6) is -1.23. The average molecular weight is 499 g/mol. The van der Waals surface area contributed by atoms with Gasteiger partial charge in [-0.25, -0.2) is 4.98 Å². The van der Waals surface area contributed by atoms with E-state index in [0.29, 0.717) is 50.4 Å². The van der Waals surface area contributed by atoms with Gasteiger partial charge in [0.15, 0.2) is 5.13 Å². The van der Waals surface area contributed by atoms with Crippen molar-refractivity contribution in [1.82, 2.24) is 20.7 Å². The van der Waals surface area contributed by atoms with Crippen molar-refractivity contribution in [3.8, 4) is 0 Å². The summed E-state index contributed by atoms with van der Waals surface area (Å²) in [6.45, 7) is 4.62. The Morgan fingerprint density at radius 2 is 1.94 bits per heavy atom. The summed E-state index contributed by atoms with van der Waals surface area (Å²) in [4.78, 5) is 60.5. The van der Waals surface area contributed by atoms with E-state index >= 15 is 0 Å². The molecule has 12 heteroatoms. The minimum atomic E-state index is -0.831. The molecule has 5 rings (SSSR count). The molecule has 2 fully saturated rings. The minimum Gasteiger partial charge on any atom is -0.378 e. The Morgan fingerprint density at radius 3 is 2.74 bits per heavy atom. The molecule has 184 valence electrons. The summed E-state index contributed by atoms with van der Waals surface area (Å²) < 4.78 is 5.33. The maximum atomic E-state index is 13.2. The normalized spacial score (nSPS) is 21.6. The predicted octanol–water partition coefficient (Wildman–Crippen LogP) is 1.13. The number of nitrogens with one attached hydrogen (secondary N) is 2. The van der Waals surface area contributed by atoms with Gasteiger partial charge in [0.2, 0.25) is 11.8 Å². The van der Waals surface area contributed by atoms with Crippen LogP contribution in [0.25, 0.3) is 0 Å². The Hall–Kier alpha value is -3.51. The summed E-state index contributed by atoms with van der Waals surface area (Å²) in [5, 5.41) is 2.38. The van der Waals surface area contributed by atoms with Crippen molar-refractivity contribution < 1.29 is 23.9 Å². The number of thiazole rings is 1. The molecule has 4 heterocycles. The van der Waals surface area contributed by atoms with Gasteiger partial charge in [0.25, 0.3) is 11.8 Å². The second kappa shape index (κ2) is 9.27. The summed E-state index contributed by atoms with van der Waals surface area (Å²) >= 11 is 1.36. The number of nitrogens with zero attached hydrogens (tertiary/aromatic N) is 4. The second-order valence-corrected chi connectivity index (χ2v) is 9.62. The zero-order valence-electron chi connectivity index (χ0n) is 19.3. The van der Waals surface area contributed by atoms with E-state index in [-0.39, 0.29) is 30.5 Å². The number of aromatic nitrogens is 1. The number of para-hydroxylation sites is 1. The first kappa shape index (κ1) is 23.2. The molecule has 2 aromatic rings. The van der Waals surface area contributed by atoms with Crippen LogP contribution in [-0.4, -0.2) is 72.0 Å². The van der Waals surface area contributed by atoms with Gasteiger partial charge in [-0.05, 0) is 25.5 Å². The monoisotopic (exact) mass is 498 g/mol. The van der Waals surface area contributed by atoms with Gasteiger partial charge in [-0.1, -0.05) is 12.1 Å². The van der Waals surface area contributed by atoms with Gasteiger partial charge in [-0.3, -0.25) is 34.9 Å². The summed E-state index contributed by atoms with van der Waals surface area (Å²) in [6.07, 6.45) is 0.776. The number of hydrazine groups is 1. The van der Waals surface area contributed by atoms with Crippen LogP contribution in [0, 0.1) is 0 Å². The first-order valence-electron chi connectivity index (χ1n) is 11.5. The van der Waals surface area contributed by atoms with Crippen LogP contribution >= 0.6 is 11.3 Å². The first-order valence-corrected chi connectivity index (χ1v) is 12.4. The van der Waals surface area contributed by atoms with Crippen molar-refractivity contribution in [1.29, 1.82) is 0 Å². The Balaban J connectivity index is 1.19. The molecular formula is C23H26N6O5S. The number of benzene rings is 1. The number of fused-ring (bicyclic) bond motifs is 3. The Bertz CT molecular complexity index is 1180. The number of ether oxygens (including phenoxy) is 1. The van der Waals surface area contributed by atoms with E-state index in [1.54, 1.807) is 39.4 Å². The molecular weight excluding hydrogens is 472 g/mol. The average Bonchev–Trinajstić information content (AvgIpc) is 3.48. The lowest BCUT2D eigenvalue weighted by Crippen LogP contribution is -2.62. The summed E-state index contributed by atoms with van der Waals surface area (Å²) in [6, 6.07) is 7.02. The number of amides is 4. The first-order chi connectivity index (χ1) is 16.9. The van der Waals surface area contributed by atoms with Crippen LogP contribution in [0.2, 0.25) is 0 Å². The largest absolute Gasteiger partial charge is 0.378 e. The van der Waals surface area contributed by atoms with Crippen molar-refractivity contribution >= 4 is 45.8 Å². The third-order valence-corrected chi connectivity index (χ3v) is 7.53. The molecule has 0 spiro atoms. The molecule has 1 unspecified atom stereocenters. The third kappa shape index (κ3) is 4.23. The van der Waals surface area contributed by atoms with Crippen LogP contribution in [0.3, 0.4) is 0 Å². The standard InChI is InChI=1S/C23H26N6O5S/c1-23-8-6-19(31)29(23)17-5-3-2-4-15(17)21(33)28(23)9-7-18(30)25-26-20(32)16-14-35-22(24-16)27-10-12-34-13-11-27/h2-5,14H,6-13H2,1H3,(H,25,30)(H,26,32). The Kier molecular flexibility index (Phi) is 6.15. The third-order valence-electron chi connectivity index (χ3n) is 6.63. The molecule has 1 aromatic carbocycles. The lowest BCUT2D eigenvalue weighted by Gasteiger charge is -2.48. The van der Waals surface area contributed by atoms with Gasteiger partial charge in [-0.15, -0.1) is 11.3 Å². The fraction of sp³-hybridized carbons (Fsp3) is 0.435. The van der Waals surface area contributed by atoms with E-state index in [0.717, 1.165) is 5.13 Å². The smallest absolute Gasteiger partial charge is 0.289 e. The quantitative estimate of drug-likeness (QED) is 0.592. The van der Waals surface area contributed by atoms with Gasteiger partial charge < -0.3 is 14.5 Å². The van der Waals surface area contributed by atoms with E-state index in [9.17, 15) is 19.2 Å². The van der Waals surface area contributed by atoms with Gasteiger partial charge in [0, 0.05) is 37.9 Å². The molecule has 0 bridgehead atoms. The number of hydrogen-bond acceptors (Lipinski definition) is 8. The molecule has 4 amide bonds. The van der Waals surface area contributed by atoms with Crippen LogP contribution in [0.5, 0.6) is 0 Å². The number of carbonyl (C=O) groups excluding carboxylic acids is 4. The fourth-order valence-corrected chi connectivity index (χ4v) is 5.64. The van der Waals surface area contributed by atoms with Crippen molar-refractivity contribution in [2.45, 2.75) is 31.8 Å². The molecule has 3 aliphatic heterocycles. The van der Waals surface area contributed by atoms with Crippen LogP contribution in [0.15, 0.2) is 29.6 Å². The van der Waals surface area contributed by atoms with E-state index in [2.05, 4.69) is 20.7 Å². The predicted molar refractivity (Wildman–Crippen MR) is 128 cm³/mol. The number of hydrogen-bond donors (Lipinski definition) is 2. The maximum absolute atomic E-state index is 13.2. The lowest BCUT2D eigenvalue weighted by molar-refractivity contribution is -0.122. The van der Waals surface area contributed by atoms with Crippen molar-refractivity contribution in [2.24, 2.45) is 0 Å². The molecule has 2 saturated heterocycles. The summed E-state index contributed by atoms with van der Waals surface area (Å²) in [7, 11) is 0. The van der Waals surface area contributed by atoms with Gasteiger partial charge >= 0.3 is 0 Å². The van der Waals surface area contributed by atoms with Crippen molar-refractivity contribution in [3.05, 3.63) is 40.9 Å². The van der Waals surface area contributed by atoms with Crippen LogP contribution in [0.1, 0.15) is 47.0 Å². The highest BCUT2D eigenvalue weighted by Gasteiger charge is 2.52. The second-order valence-electron chi connectivity index (χ2n) is 8.79. The number of carbonyl (C=O) groups is 4.